The van der Waals surface area contributed by atoms with Gasteiger partial charge in [-0.05, 0) is 49.8 Å². The highest BCUT2D eigenvalue weighted by atomic mass is 16.5. The SMILES string of the molecule is COc1ccc(CC2=C(C(=O)O)CCCC2)cc1OC. The summed E-state index contributed by atoms with van der Waals surface area (Å²) in [7, 11) is 3.20. The fraction of sp³-hybridized carbons (Fsp3) is 0.438. The minimum Gasteiger partial charge on any atom is -0.493 e. The Balaban J connectivity index is 2.26. The van der Waals surface area contributed by atoms with Crippen LogP contribution in [0.15, 0.2) is 29.3 Å². The number of methoxy groups -OCH3 is 2. The molecule has 20 heavy (non-hydrogen) atoms. The summed E-state index contributed by atoms with van der Waals surface area (Å²) in [5.74, 6) is 0.589. The van der Waals surface area contributed by atoms with Gasteiger partial charge in [0.2, 0.25) is 0 Å². The van der Waals surface area contributed by atoms with Crippen molar-refractivity contribution < 1.29 is 19.4 Å². The quantitative estimate of drug-likeness (QED) is 0.897. The van der Waals surface area contributed by atoms with Crippen LogP contribution >= 0.6 is 0 Å². The van der Waals surface area contributed by atoms with E-state index in [0.717, 1.165) is 30.4 Å². The summed E-state index contributed by atoms with van der Waals surface area (Å²) in [5, 5.41) is 9.27. The molecule has 1 aromatic carbocycles. The molecule has 0 bridgehead atoms. The summed E-state index contributed by atoms with van der Waals surface area (Å²) < 4.78 is 10.5. The topological polar surface area (TPSA) is 55.8 Å². The van der Waals surface area contributed by atoms with Gasteiger partial charge < -0.3 is 14.6 Å². The van der Waals surface area contributed by atoms with Crippen LogP contribution in [0.1, 0.15) is 31.2 Å². The molecule has 2 rings (SSSR count). The van der Waals surface area contributed by atoms with E-state index in [9.17, 15) is 9.90 Å². The first-order chi connectivity index (χ1) is 9.65. The standard InChI is InChI=1S/C16H20O4/c1-19-14-8-7-11(10-15(14)20-2)9-12-5-3-4-6-13(12)16(17)18/h7-8,10H,3-6,9H2,1-2H3,(H,17,18). The van der Waals surface area contributed by atoms with Gasteiger partial charge in [-0.3, -0.25) is 0 Å². The summed E-state index contributed by atoms with van der Waals surface area (Å²) >= 11 is 0. The molecule has 0 atom stereocenters. The highest BCUT2D eigenvalue weighted by Crippen LogP contribution is 2.31. The molecular formula is C16H20O4. The predicted octanol–water partition coefficient (Wildman–Crippen LogP) is 3.20. The maximum absolute atomic E-state index is 11.3. The molecule has 1 N–H and O–H groups in total. The van der Waals surface area contributed by atoms with Crippen molar-refractivity contribution in [3.63, 3.8) is 0 Å². The number of carboxylic acids is 1. The predicted molar refractivity (Wildman–Crippen MR) is 76.4 cm³/mol. The number of carbonyl (C=O) groups is 1. The first kappa shape index (κ1) is 14.4. The van der Waals surface area contributed by atoms with E-state index in [4.69, 9.17) is 9.47 Å². The molecule has 0 unspecified atom stereocenters. The van der Waals surface area contributed by atoms with E-state index >= 15 is 0 Å². The molecule has 0 aliphatic heterocycles. The van der Waals surface area contributed by atoms with Crippen LogP contribution in [0.25, 0.3) is 0 Å². The Labute approximate surface area is 119 Å². The molecule has 1 aromatic rings. The number of ether oxygens (including phenoxy) is 2. The number of benzene rings is 1. The van der Waals surface area contributed by atoms with Crippen molar-refractivity contribution in [2.75, 3.05) is 14.2 Å². The third-order valence-corrected chi connectivity index (χ3v) is 3.71. The Morgan fingerprint density at radius 1 is 1.15 bits per heavy atom. The lowest BCUT2D eigenvalue weighted by molar-refractivity contribution is -0.133. The summed E-state index contributed by atoms with van der Waals surface area (Å²) in [6.45, 7) is 0. The molecule has 4 heteroatoms. The van der Waals surface area contributed by atoms with Gasteiger partial charge in [0, 0.05) is 5.57 Å². The second kappa shape index (κ2) is 6.46. The van der Waals surface area contributed by atoms with Crippen LogP contribution in [0.4, 0.5) is 0 Å². The molecule has 1 aliphatic rings. The van der Waals surface area contributed by atoms with Crippen molar-refractivity contribution in [3.05, 3.63) is 34.9 Å². The average molecular weight is 276 g/mol. The molecule has 0 aromatic heterocycles. The molecule has 0 radical (unpaired) electrons. The van der Waals surface area contributed by atoms with E-state index in [-0.39, 0.29) is 0 Å². The van der Waals surface area contributed by atoms with E-state index in [0.29, 0.717) is 29.9 Å². The number of rotatable bonds is 5. The number of carboxylic acid groups (broad SMARTS) is 1. The van der Waals surface area contributed by atoms with Gasteiger partial charge in [-0.15, -0.1) is 0 Å². The highest BCUT2D eigenvalue weighted by Gasteiger charge is 2.18. The van der Waals surface area contributed by atoms with Gasteiger partial charge in [0.05, 0.1) is 14.2 Å². The zero-order chi connectivity index (χ0) is 14.5. The molecule has 0 heterocycles. The molecule has 0 fully saturated rings. The van der Waals surface area contributed by atoms with Crippen molar-refractivity contribution in [1.82, 2.24) is 0 Å². The van der Waals surface area contributed by atoms with Gasteiger partial charge in [0.1, 0.15) is 0 Å². The van der Waals surface area contributed by atoms with Crippen LogP contribution in [0.2, 0.25) is 0 Å². The average Bonchev–Trinajstić information content (AvgIpc) is 2.47. The fourth-order valence-electron chi connectivity index (χ4n) is 2.66. The summed E-state index contributed by atoms with van der Waals surface area (Å²) in [5.41, 5.74) is 2.68. The van der Waals surface area contributed by atoms with Gasteiger partial charge in [0.15, 0.2) is 11.5 Å². The highest BCUT2D eigenvalue weighted by molar-refractivity contribution is 5.87. The Kier molecular flexibility index (Phi) is 4.66. The molecule has 0 saturated carbocycles. The Hall–Kier alpha value is -1.97. The second-order valence-corrected chi connectivity index (χ2v) is 4.96. The van der Waals surface area contributed by atoms with E-state index in [1.807, 2.05) is 18.2 Å². The number of allylic oxidation sites excluding steroid dienone is 1. The number of hydrogen-bond donors (Lipinski definition) is 1. The van der Waals surface area contributed by atoms with Gasteiger partial charge >= 0.3 is 5.97 Å². The number of hydrogen-bond acceptors (Lipinski definition) is 3. The molecular weight excluding hydrogens is 256 g/mol. The molecule has 1 aliphatic carbocycles. The molecule has 0 spiro atoms. The monoisotopic (exact) mass is 276 g/mol. The van der Waals surface area contributed by atoms with E-state index in [1.54, 1.807) is 14.2 Å². The second-order valence-electron chi connectivity index (χ2n) is 4.96. The maximum atomic E-state index is 11.3. The maximum Gasteiger partial charge on any atom is 0.331 e. The minimum absolute atomic E-state index is 0.589. The summed E-state index contributed by atoms with van der Waals surface area (Å²) in [6.07, 6.45) is 4.26. The summed E-state index contributed by atoms with van der Waals surface area (Å²) in [6, 6.07) is 5.74. The van der Waals surface area contributed by atoms with E-state index in [1.165, 1.54) is 0 Å². The zero-order valence-corrected chi connectivity index (χ0v) is 11.9. The Morgan fingerprint density at radius 2 is 1.85 bits per heavy atom. The van der Waals surface area contributed by atoms with Crippen molar-refractivity contribution in [3.8, 4) is 11.5 Å². The van der Waals surface area contributed by atoms with Crippen LogP contribution in [0, 0.1) is 0 Å². The summed E-state index contributed by atoms with van der Waals surface area (Å²) in [4.78, 5) is 11.3. The zero-order valence-electron chi connectivity index (χ0n) is 11.9. The van der Waals surface area contributed by atoms with Crippen molar-refractivity contribution >= 4 is 5.97 Å². The minimum atomic E-state index is -0.778. The van der Waals surface area contributed by atoms with Crippen LogP contribution in [0.5, 0.6) is 11.5 Å². The number of aliphatic carboxylic acids is 1. The van der Waals surface area contributed by atoms with Gasteiger partial charge in [-0.25, -0.2) is 4.79 Å². The Bertz CT molecular complexity index is 531. The smallest absolute Gasteiger partial charge is 0.331 e. The Morgan fingerprint density at radius 3 is 2.50 bits per heavy atom. The van der Waals surface area contributed by atoms with Crippen LogP contribution in [0.3, 0.4) is 0 Å². The normalized spacial score (nSPS) is 15.1. The third-order valence-electron chi connectivity index (χ3n) is 3.71. The first-order valence-corrected chi connectivity index (χ1v) is 6.80. The van der Waals surface area contributed by atoms with Crippen LogP contribution in [-0.4, -0.2) is 25.3 Å². The molecule has 0 saturated heterocycles. The third kappa shape index (κ3) is 3.13. The lowest BCUT2D eigenvalue weighted by atomic mass is 9.88. The van der Waals surface area contributed by atoms with Gasteiger partial charge in [0.25, 0.3) is 0 Å². The van der Waals surface area contributed by atoms with Crippen molar-refractivity contribution in [1.29, 1.82) is 0 Å². The lowest BCUT2D eigenvalue weighted by Crippen LogP contribution is -2.10. The molecule has 4 nitrogen and oxygen atoms in total. The first-order valence-electron chi connectivity index (χ1n) is 6.80. The van der Waals surface area contributed by atoms with Crippen molar-refractivity contribution in [2.24, 2.45) is 0 Å². The lowest BCUT2D eigenvalue weighted by Gasteiger charge is -2.18. The van der Waals surface area contributed by atoms with Crippen LogP contribution in [-0.2, 0) is 11.2 Å². The molecule has 108 valence electrons. The van der Waals surface area contributed by atoms with E-state index in [2.05, 4.69) is 0 Å². The largest absolute Gasteiger partial charge is 0.493 e. The van der Waals surface area contributed by atoms with Crippen LogP contribution < -0.4 is 9.47 Å². The van der Waals surface area contributed by atoms with Gasteiger partial charge in [-0.2, -0.15) is 0 Å². The van der Waals surface area contributed by atoms with Gasteiger partial charge in [-0.1, -0.05) is 11.6 Å². The van der Waals surface area contributed by atoms with Crippen molar-refractivity contribution in [2.45, 2.75) is 32.1 Å². The molecule has 0 amide bonds. The van der Waals surface area contributed by atoms with E-state index < -0.39 is 5.97 Å². The fourth-order valence-corrected chi connectivity index (χ4v) is 2.66.